The van der Waals surface area contributed by atoms with Crippen molar-refractivity contribution in [2.75, 3.05) is 23.3 Å². The molecule has 0 radical (unpaired) electrons. The van der Waals surface area contributed by atoms with E-state index in [9.17, 15) is 18.0 Å². The fourth-order valence-electron chi connectivity index (χ4n) is 5.22. The van der Waals surface area contributed by atoms with Gasteiger partial charge in [-0.1, -0.05) is 6.07 Å². The van der Waals surface area contributed by atoms with Crippen LogP contribution >= 0.6 is 0 Å². The Balaban J connectivity index is 1.31. The normalized spacial score (nSPS) is 22.7. The van der Waals surface area contributed by atoms with Crippen molar-refractivity contribution in [3.8, 4) is 0 Å². The highest BCUT2D eigenvalue weighted by molar-refractivity contribution is 7.89. The lowest BCUT2D eigenvalue weighted by Crippen LogP contribution is -2.43. The Morgan fingerprint density at radius 2 is 1.74 bits per heavy atom. The first-order valence-electron chi connectivity index (χ1n) is 12.5. The molecule has 1 aliphatic carbocycles. The molecule has 5 rings (SSSR count). The number of carbonyl (C=O) groups is 2. The number of rotatable bonds is 5. The lowest BCUT2D eigenvalue weighted by atomic mass is 9.98. The molecular weight excluding hydrogens is 462 g/mol. The van der Waals surface area contributed by atoms with Crippen molar-refractivity contribution in [2.24, 2.45) is 11.8 Å². The van der Waals surface area contributed by atoms with E-state index in [2.05, 4.69) is 5.32 Å². The van der Waals surface area contributed by atoms with Gasteiger partial charge >= 0.3 is 0 Å². The Hall–Kier alpha value is -2.71. The van der Waals surface area contributed by atoms with E-state index in [4.69, 9.17) is 0 Å². The first-order valence-corrected chi connectivity index (χ1v) is 13.9. The molecule has 0 bridgehead atoms. The third-order valence-electron chi connectivity index (χ3n) is 7.60. The van der Waals surface area contributed by atoms with Crippen LogP contribution in [-0.4, -0.2) is 43.7 Å². The Morgan fingerprint density at radius 1 is 0.971 bits per heavy atom. The van der Waals surface area contributed by atoms with Gasteiger partial charge in [0.25, 0.3) is 0 Å². The SMILES string of the molecule is Cc1ccc(NC(=O)[C@H]2CCCN(S(=O)(=O)c3ccc4c(c3)C[C@H](C)N4C(=O)C3CC3)C2)cc1C. The number of aryl methyl sites for hydroxylation is 2. The monoisotopic (exact) mass is 495 g/mol. The molecule has 2 aromatic rings. The molecule has 186 valence electrons. The van der Waals surface area contributed by atoms with E-state index in [0.29, 0.717) is 25.8 Å². The van der Waals surface area contributed by atoms with Crippen LogP contribution in [0, 0.1) is 25.7 Å². The molecule has 1 saturated heterocycles. The maximum Gasteiger partial charge on any atom is 0.243 e. The second-order valence-electron chi connectivity index (χ2n) is 10.3. The zero-order valence-corrected chi connectivity index (χ0v) is 21.4. The van der Waals surface area contributed by atoms with Crippen molar-refractivity contribution in [1.82, 2.24) is 4.31 Å². The fourth-order valence-corrected chi connectivity index (χ4v) is 6.79. The summed E-state index contributed by atoms with van der Waals surface area (Å²) in [5.74, 6) is -0.279. The molecule has 2 amide bonds. The highest BCUT2D eigenvalue weighted by Crippen LogP contribution is 2.40. The number of benzene rings is 2. The van der Waals surface area contributed by atoms with Gasteiger partial charge in [0.05, 0.1) is 10.8 Å². The first kappa shape index (κ1) is 24.0. The van der Waals surface area contributed by atoms with Crippen molar-refractivity contribution >= 4 is 33.2 Å². The maximum absolute atomic E-state index is 13.5. The van der Waals surface area contributed by atoms with Crippen molar-refractivity contribution in [3.63, 3.8) is 0 Å². The van der Waals surface area contributed by atoms with Crippen LogP contribution < -0.4 is 10.2 Å². The lowest BCUT2D eigenvalue weighted by molar-refractivity contribution is -0.121. The number of anilines is 2. The van der Waals surface area contributed by atoms with Crippen molar-refractivity contribution in [2.45, 2.75) is 63.8 Å². The van der Waals surface area contributed by atoms with Gasteiger partial charge in [-0.15, -0.1) is 0 Å². The third-order valence-corrected chi connectivity index (χ3v) is 9.46. The van der Waals surface area contributed by atoms with E-state index in [0.717, 1.165) is 40.9 Å². The van der Waals surface area contributed by atoms with Gasteiger partial charge in [-0.3, -0.25) is 9.59 Å². The summed E-state index contributed by atoms with van der Waals surface area (Å²) in [4.78, 5) is 27.8. The minimum absolute atomic E-state index is 0.0320. The van der Waals surface area contributed by atoms with E-state index in [1.165, 1.54) is 4.31 Å². The molecule has 2 aromatic carbocycles. The number of hydrogen-bond acceptors (Lipinski definition) is 4. The Bertz CT molecular complexity index is 1290. The Kier molecular flexibility index (Phi) is 6.21. The number of carbonyl (C=O) groups excluding carboxylic acids is 2. The number of fused-ring (bicyclic) bond motifs is 1. The molecule has 7 nitrogen and oxygen atoms in total. The fraction of sp³-hybridized carbons (Fsp3) is 0.481. The summed E-state index contributed by atoms with van der Waals surface area (Å²) in [5.41, 5.74) is 4.71. The molecule has 0 aromatic heterocycles. The van der Waals surface area contributed by atoms with Gasteiger partial charge in [0, 0.05) is 36.4 Å². The van der Waals surface area contributed by atoms with E-state index in [-0.39, 0.29) is 35.2 Å². The minimum Gasteiger partial charge on any atom is -0.326 e. The summed E-state index contributed by atoms with van der Waals surface area (Å²) < 4.78 is 28.5. The van der Waals surface area contributed by atoms with Crippen LogP contribution in [0.4, 0.5) is 11.4 Å². The summed E-state index contributed by atoms with van der Waals surface area (Å²) >= 11 is 0. The zero-order valence-electron chi connectivity index (χ0n) is 20.6. The molecule has 2 atom stereocenters. The van der Waals surface area contributed by atoms with Crippen LogP contribution in [0.3, 0.4) is 0 Å². The number of nitrogens with zero attached hydrogens (tertiary/aromatic N) is 2. The van der Waals surface area contributed by atoms with Crippen LogP contribution in [0.15, 0.2) is 41.3 Å². The predicted octanol–water partition coefficient (Wildman–Crippen LogP) is 4.03. The van der Waals surface area contributed by atoms with Crippen LogP contribution in [0.25, 0.3) is 0 Å². The molecular formula is C27H33N3O4S. The predicted molar refractivity (Wildman–Crippen MR) is 136 cm³/mol. The molecule has 8 heteroatoms. The summed E-state index contributed by atoms with van der Waals surface area (Å²) in [7, 11) is -3.74. The quantitative estimate of drug-likeness (QED) is 0.679. The summed E-state index contributed by atoms with van der Waals surface area (Å²) in [5, 5.41) is 2.96. The molecule has 2 aliphatic heterocycles. The van der Waals surface area contributed by atoms with Crippen molar-refractivity contribution in [1.29, 1.82) is 0 Å². The lowest BCUT2D eigenvalue weighted by Gasteiger charge is -2.31. The number of hydrogen-bond donors (Lipinski definition) is 1. The minimum atomic E-state index is -3.74. The molecule has 3 aliphatic rings. The van der Waals surface area contributed by atoms with Gasteiger partial charge < -0.3 is 10.2 Å². The third kappa shape index (κ3) is 4.61. The van der Waals surface area contributed by atoms with E-state index >= 15 is 0 Å². The van der Waals surface area contributed by atoms with E-state index in [1.54, 1.807) is 18.2 Å². The van der Waals surface area contributed by atoms with Gasteiger partial charge in [-0.25, -0.2) is 8.42 Å². The number of sulfonamides is 1. The van der Waals surface area contributed by atoms with Gasteiger partial charge in [0.2, 0.25) is 21.8 Å². The zero-order chi connectivity index (χ0) is 24.9. The van der Waals surface area contributed by atoms with Crippen LogP contribution in [0.1, 0.15) is 49.3 Å². The molecule has 2 heterocycles. The van der Waals surface area contributed by atoms with Crippen LogP contribution in [-0.2, 0) is 26.0 Å². The topological polar surface area (TPSA) is 86.8 Å². The average Bonchev–Trinajstić information content (AvgIpc) is 3.63. The van der Waals surface area contributed by atoms with E-state index < -0.39 is 15.9 Å². The van der Waals surface area contributed by atoms with Crippen molar-refractivity contribution < 1.29 is 18.0 Å². The van der Waals surface area contributed by atoms with Gasteiger partial charge in [0.15, 0.2) is 0 Å². The van der Waals surface area contributed by atoms with Gasteiger partial charge in [0.1, 0.15) is 0 Å². The number of nitrogens with one attached hydrogen (secondary N) is 1. The molecule has 0 spiro atoms. The largest absolute Gasteiger partial charge is 0.326 e. The molecule has 35 heavy (non-hydrogen) atoms. The maximum atomic E-state index is 13.5. The Morgan fingerprint density at radius 3 is 2.46 bits per heavy atom. The number of amides is 2. The van der Waals surface area contributed by atoms with Gasteiger partial charge in [-0.2, -0.15) is 4.31 Å². The van der Waals surface area contributed by atoms with Gasteiger partial charge in [-0.05, 0) is 99.9 Å². The number of piperidine rings is 1. The second kappa shape index (κ2) is 9.06. The molecule has 0 unspecified atom stereocenters. The summed E-state index contributed by atoms with van der Waals surface area (Å²) in [6.07, 6.45) is 3.82. The Labute approximate surface area is 207 Å². The molecule has 1 N–H and O–H groups in total. The highest BCUT2D eigenvalue weighted by Gasteiger charge is 2.40. The average molecular weight is 496 g/mol. The molecule has 1 saturated carbocycles. The van der Waals surface area contributed by atoms with E-state index in [1.807, 2.05) is 43.9 Å². The summed E-state index contributed by atoms with van der Waals surface area (Å²) in [6.45, 7) is 6.59. The standard InChI is InChI=1S/C27H33N3O4S/c1-17-6-9-23(13-18(17)2)28-26(31)21-5-4-12-29(16-21)35(33,34)24-10-11-25-22(15-24)14-19(3)30(25)27(32)20-7-8-20/h6,9-11,13,15,19-21H,4-5,7-8,12,14,16H2,1-3H3,(H,28,31)/t19-,21-/m0/s1. The second-order valence-corrected chi connectivity index (χ2v) is 12.3. The highest BCUT2D eigenvalue weighted by atomic mass is 32.2. The summed E-state index contributed by atoms with van der Waals surface area (Å²) in [6, 6.07) is 10.9. The smallest absolute Gasteiger partial charge is 0.243 e. The molecule has 2 fully saturated rings. The van der Waals surface area contributed by atoms with Crippen molar-refractivity contribution in [3.05, 3.63) is 53.1 Å². The van der Waals surface area contributed by atoms with Crippen LogP contribution in [0.5, 0.6) is 0 Å². The first-order chi connectivity index (χ1) is 16.6. The van der Waals surface area contributed by atoms with Crippen LogP contribution in [0.2, 0.25) is 0 Å².